The molecule has 0 radical (unpaired) electrons. The second-order valence-electron chi connectivity index (χ2n) is 8.81. The molecular weight excluding hydrogens is 432 g/mol. The summed E-state index contributed by atoms with van der Waals surface area (Å²) >= 11 is 0. The number of rotatable bonds is 8. The van der Waals surface area contributed by atoms with Crippen LogP contribution in [0.15, 0.2) is 48.2 Å². The first-order valence-electron chi connectivity index (χ1n) is 11.6. The van der Waals surface area contributed by atoms with Crippen LogP contribution in [0.3, 0.4) is 0 Å². The van der Waals surface area contributed by atoms with Crippen LogP contribution in [0.2, 0.25) is 0 Å². The summed E-state index contributed by atoms with van der Waals surface area (Å²) in [6, 6.07) is 13.1. The minimum Gasteiger partial charge on any atom is -0.488 e. The van der Waals surface area contributed by atoms with Crippen molar-refractivity contribution >= 4 is 11.7 Å². The van der Waals surface area contributed by atoms with E-state index in [4.69, 9.17) is 16.3 Å². The summed E-state index contributed by atoms with van der Waals surface area (Å²) in [6.07, 6.45) is 2.99. The predicted octanol–water partition coefficient (Wildman–Crippen LogP) is 2.35. The molecule has 1 aliphatic rings. The van der Waals surface area contributed by atoms with Gasteiger partial charge in [0.15, 0.2) is 0 Å². The maximum absolute atomic E-state index is 12.6. The maximum atomic E-state index is 12.6. The lowest BCUT2D eigenvalue weighted by Gasteiger charge is -2.27. The molecule has 2 atom stereocenters. The van der Waals surface area contributed by atoms with E-state index in [2.05, 4.69) is 10.3 Å². The van der Waals surface area contributed by atoms with Crippen LogP contribution in [0.4, 0.5) is 4.79 Å². The molecule has 2 aromatic rings. The van der Waals surface area contributed by atoms with Crippen LogP contribution in [0.1, 0.15) is 42.6 Å². The zero-order valence-electron chi connectivity index (χ0n) is 20.2. The monoisotopic (exact) mass is 468 g/mol. The average molecular weight is 469 g/mol. The fraction of sp³-hybridized carbons (Fsp3) is 0.440. The summed E-state index contributed by atoms with van der Waals surface area (Å²) in [4.78, 5) is 18.7. The highest BCUT2D eigenvalue weighted by Crippen LogP contribution is 2.26. The zero-order chi connectivity index (χ0) is 24.7. The van der Waals surface area contributed by atoms with Gasteiger partial charge in [-0.3, -0.25) is 0 Å². The molecule has 1 aromatic carbocycles. The Bertz CT molecular complexity index is 995. The number of nitrogens with one attached hydrogen (secondary N) is 1. The first kappa shape index (κ1) is 25.3. The molecule has 2 amide bonds. The number of aromatic nitrogens is 1. The molecule has 6 N–H and O–H groups in total. The molecule has 1 saturated carbocycles. The van der Waals surface area contributed by atoms with Crippen LogP contribution in [0, 0.1) is 6.92 Å². The van der Waals surface area contributed by atoms with Crippen LogP contribution >= 0.6 is 0 Å². The van der Waals surface area contributed by atoms with Gasteiger partial charge in [0.25, 0.3) is 0 Å². The number of pyridine rings is 1. The standard InChI is InChI=1S/C25H36N6O3/c1-17-23(34-20-11-7-10-19(32)14-20)13-12-21(29-17)24(26)22(31(3)27)16-30(2)25(33)28-15-18-8-5-4-6-9-18/h4-6,8-9,12-13,19-20,32H,7,10-11,14-16,26-27H2,1-3H3,(H,28,33)/b24-22-. The van der Waals surface area contributed by atoms with Gasteiger partial charge in [0.2, 0.25) is 0 Å². The first-order valence-corrected chi connectivity index (χ1v) is 11.6. The van der Waals surface area contributed by atoms with Gasteiger partial charge in [-0.1, -0.05) is 30.3 Å². The Morgan fingerprint density at radius 1 is 1.21 bits per heavy atom. The summed E-state index contributed by atoms with van der Waals surface area (Å²) < 4.78 is 6.08. The number of aliphatic hydroxyl groups is 1. The van der Waals surface area contributed by atoms with Crippen molar-refractivity contribution in [3.05, 3.63) is 65.1 Å². The van der Waals surface area contributed by atoms with Gasteiger partial charge in [-0.05, 0) is 43.9 Å². The van der Waals surface area contributed by atoms with Gasteiger partial charge in [0.05, 0.1) is 35.4 Å². The number of hydrogen-bond donors (Lipinski definition) is 4. The maximum Gasteiger partial charge on any atom is 0.317 e. The number of urea groups is 1. The van der Waals surface area contributed by atoms with E-state index in [1.807, 2.05) is 43.3 Å². The quantitative estimate of drug-likeness (QED) is 0.346. The average Bonchev–Trinajstić information content (AvgIpc) is 2.82. The number of hydrazine groups is 1. The van der Waals surface area contributed by atoms with E-state index in [1.54, 1.807) is 20.2 Å². The number of amides is 2. The predicted molar refractivity (Wildman–Crippen MR) is 132 cm³/mol. The van der Waals surface area contributed by atoms with E-state index >= 15 is 0 Å². The van der Waals surface area contributed by atoms with E-state index < -0.39 is 0 Å². The van der Waals surface area contributed by atoms with Gasteiger partial charge >= 0.3 is 6.03 Å². The van der Waals surface area contributed by atoms with E-state index in [0.717, 1.165) is 24.8 Å². The van der Waals surface area contributed by atoms with Crippen LogP contribution in [-0.2, 0) is 6.54 Å². The fourth-order valence-electron chi connectivity index (χ4n) is 3.97. The van der Waals surface area contributed by atoms with Crippen molar-refractivity contribution in [3.8, 4) is 5.75 Å². The van der Waals surface area contributed by atoms with Crippen molar-refractivity contribution in [2.75, 3.05) is 20.6 Å². The van der Waals surface area contributed by atoms with Crippen molar-refractivity contribution in [1.29, 1.82) is 0 Å². The Balaban J connectivity index is 1.68. The van der Waals surface area contributed by atoms with Crippen molar-refractivity contribution in [3.63, 3.8) is 0 Å². The van der Waals surface area contributed by atoms with Gasteiger partial charge in [-0.15, -0.1) is 0 Å². The Morgan fingerprint density at radius 3 is 2.59 bits per heavy atom. The molecule has 0 bridgehead atoms. The number of likely N-dealkylation sites (N-methyl/N-ethyl adjacent to an activating group) is 2. The van der Waals surface area contributed by atoms with Crippen LogP contribution < -0.4 is 21.6 Å². The van der Waals surface area contributed by atoms with E-state index in [-0.39, 0.29) is 24.8 Å². The van der Waals surface area contributed by atoms with Gasteiger partial charge in [0, 0.05) is 27.1 Å². The van der Waals surface area contributed by atoms with Gasteiger partial charge in [-0.25, -0.2) is 15.6 Å². The number of hydrogen-bond acceptors (Lipinski definition) is 7. The molecule has 1 fully saturated rings. The Kier molecular flexibility index (Phi) is 8.72. The first-order chi connectivity index (χ1) is 16.2. The number of aryl methyl sites for hydroxylation is 1. The number of carbonyl (C=O) groups excluding carboxylic acids is 1. The summed E-state index contributed by atoms with van der Waals surface area (Å²) in [7, 11) is 3.36. The number of carbonyl (C=O) groups is 1. The van der Waals surface area contributed by atoms with Crippen LogP contribution in [0.25, 0.3) is 5.70 Å². The lowest BCUT2D eigenvalue weighted by atomic mass is 9.95. The van der Waals surface area contributed by atoms with Gasteiger partial charge in [-0.2, -0.15) is 0 Å². The molecular formula is C25H36N6O3. The summed E-state index contributed by atoms with van der Waals surface area (Å²) in [5, 5.41) is 14.2. The highest BCUT2D eigenvalue weighted by Gasteiger charge is 2.23. The smallest absolute Gasteiger partial charge is 0.317 e. The van der Waals surface area contributed by atoms with Gasteiger partial charge < -0.3 is 30.8 Å². The number of ether oxygens (including phenoxy) is 1. The summed E-state index contributed by atoms with van der Waals surface area (Å²) in [5.74, 6) is 6.73. The molecule has 0 saturated heterocycles. The Hall–Kier alpha value is -3.30. The molecule has 9 nitrogen and oxygen atoms in total. The summed E-state index contributed by atoms with van der Waals surface area (Å²) in [6.45, 7) is 2.50. The third kappa shape index (κ3) is 6.85. The van der Waals surface area contributed by atoms with Crippen molar-refractivity contribution in [2.45, 2.75) is 51.4 Å². The topological polar surface area (TPSA) is 130 Å². The number of nitrogens with zero attached hydrogens (tertiary/aromatic N) is 3. The third-order valence-electron chi connectivity index (χ3n) is 5.96. The van der Waals surface area contributed by atoms with E-state index in [1.165, 1.54) is 9.91 Å². The lowest BCUT2D eigenvalue weighted by Crippen LogP contribution is -2.42. The highest BCUT2D eigenvalue weighted by atomic mass is 16.5. The molecule has 1 aromatic heterocycles. The fourth-order valence-corrected chi connectivity index (χ4v) is 3.97. The van der Waals surface area contributed by atoms with Crippen LogP contribution in [0.5, 0.6) is 5.75 Å². The van der Waals surface area contributed by atoms with Gasteiger partial charge in [0.1, 0.15) is 11.9 Å². The molecule has 0 aliphatic heterocycles. The molecule has 9 heteroatoms. The number of benzene rings is 1. The second kappa shape index (κ2) is 11.7. The number of nitrogens with two attached hydrogens (primary N) is 2. The molecule has 1 heterocycles. The molecule has 34 heavy (non-hydrogen) atoms. The largest absolute Gasteiger partial charge is 0.488 e. The minimum atomic E-state index is -0.311. The van der Waals surface area contributed by atoms with Crippen molar-refractivity contribution in [1.82, 2.24) is 20.2 Å². The SMILES string of the molecule is Cc1nc(/C(N)=C(\CN(C)C(=O)NCc2ccccc2)N(C)N)ccc1OC1CCCC(O)C1. The summed E-state index contributed by atoms with van der Waals surface area (Å²) in [5.41, 5.74) is 9.66. The van der Waals surface area contributed by atoms with Crippen molar-refractivity contribution < 1.29 is 14.6 Å². The third-order valence-corrected chi connectivity index (χ3v) is 5.96. The van der Waals surface area contributed by atoms with Crippen molar-refractivity contribution in [2.24, 2.45) is 11.6 Å². The Morgan fingerprint density at radius 2 is 1.94 bits per heavy atom. The minimum absolute atomic E-state index is 0.0169. The molecule has 184 valence electrons. The van der Waals surface area contributed by atoms with E-state index in [0.29, 0.717) is 41.5 Å². The number of aliphatic hydroxyl groups excluding tert-OH is 1. The highest BCUT2D eigenvalue weighted by molar-refractivity contribution is 5.75. The lowest BCUT2D eigenvalue weighted by molar-refractivity contribution is 0.0531. The molecule has 3 rings (SSSR count). The zero-order valence-corrected chi connectivity index (χ0v) is 20.2. The van der Waals surface area contributed by atoms with E-state index in [9.17, 15) is 9.90 Å². The Labute approximate surface area is 201 Å². The normalized spacial score (nSPS) is 18.6. The molecule has 1 aliphatic carbocycles. The van der Waals surface area contributed by atoms with Crippen LogP contribution in [-0.4, -0.2) is 58.9 Å². The second-order valence-corrected chi connectivity index (χ2v) is 8.81. The molecule has 2 unspecified atom stereocenters. The molecule has 0 spiro atoms.